The van der Waals surface area contributed by atoms with Gasteiger partial charge in [0, 0.05) is 12.1 Å². The SMILES string of the molecule is Cc1ccc(Oc2cc(F)ccc2OC[C@@H](C)N)cc1. The summed E-state index contributed by atoms with van der Waals surface area (Å²) in [6.45, 7) is 4.17. The van der Waals surface area contributed by atoms with Gasteiger partial charge in [0.1, 0.15) is 18.2 Å². The Hall–Kier alpha value is -2.07. The van der Waals surface area contributed by atoms with Crippen molar-refractivity contribution in [2.24, 2.45) is 5.73 Å². The first kappa shape index (κ1) is 14.3. The Kier molecular flexibility index (Phi) is 4.58. The molecular formula is C16H18FNO2. The maximum absolute atomic E-state index is 13.4. The van der Waals surface area contributed by atoms with E-state index in [-0.39, 0.29) is 11.9 Å². The molecule has 0 bridgehead atoms. The van der Waals surface area contributed by atoms with Gasteiger partial charge in [0.15, 0.2) is 11.5 Å². The average Bonchev–Trinajstić information content (AvgIpc) is 2.40. The smallest absolute Gasteiger partial charge is 0.172 e. The summed E-state index contributed by atoms with van der Waals surface area (Å²) < 4.78 is 24.6. The molecule has 0 aliphatic carbocycles. The van der Waals surface area contributed by atoms with Crippen LogP contribution in [0.5, 0.6) is 17.2 Å². The van der Waals surface area contributed by atoms with E-state index in [0.29, 0.717) is 23.9 Å². The lowest BCUT2D eigenvalue weighted by Crippen LogP contribution is -2.23. The Labute approximate surface area is 118 Å². The summed E-state index contributed by atoms with van der Waals surface area (Å²) in [6.07, 6.45) is 0. The number of rotatable bonds is 5. The van der Waals surface area contributed by atoms with Crippen molar-refractivity contribution in [1.82, 2.24) is 0 Å². The van der Waals surface area contributed by atoms with Crippen LogP contribution in [0.25, 0.3) is 0 Å². The first-order chi connectivity index (χ1) is 9.54. The minimum atomic E-state index is -0.375. The molecule has 20 heavy (non-hydrogen) atoms. The minimum absolute atomic E-state index is 0.104. The van der Waals surface area contributed by atoms with Crippen LogP contribution in [0.4, 0.5) is 4.39 Å². The number of hydrogen-bond acceptors (Lipinski definition) is 3. The summed E-state index contributed by atoms with van der Waals surface area (Å²) in [7, 11) is 0. The first-order valence-electron chi connectivity index (χ1n) is 6.47. The van der Waals surface area contributed by atoms with Gasteiger partial charge in [0.2, 0.25) is 0 Å². The fourth-order valence-corrected chi connectivity index (χ4v) is 1.64. The van der Waals surface area contributed by atoms with Gasteiger partial charge in [-0.2, -0.15) is 0 Å². The number of halogens is 1. The van der Waals surface area contributed by atoms with Crippen molar-refractivity contribution in [3.05, 3.63) is 53.8 Å². The van der Waals surface area contributed by atoms with Crippen molar-refractivity contribution in [2.75, 3.05) is 6.61 Å². The van der Waals surface area contributed by atoms with Crippen LogP contribution < -0.4 is 15.2 Å². The summed E-state index contributed by atoms with van der Waals surface area (Å²) in [5.41, 5.74) is 6.78. The zero-order chi connectivity index (χ0) is 14.5. The van der Waals surface area contributed by atoms with E-state index < -0.39 is 0 Å². The van der Waals surface area contributed by atoms with E-state index in [4.69, 9.17) is 15.2 Å². The van der Waals surface area contributed by atoms with Crippen molar-refractivity contribution >= 4 is 0 Å². The Bertz CT molecular complexity index is 567. The molecule has 0 aliphatic heterocycles. The quantitative estimate of drug-likeness (QED) is 0.905. The normalized spacial score (nSPS) is 12.0. The second-order valence-electron chi connectivity index (χ2n) is 4.79. The first-order valence-corrected chi connectivity index (χ1v) is 6.47. The monoisotopic (exact) mass is 275 g/mol. The number of hydrogen-bond donors (Lipinski definition) is 1. The molecule has 0 saturated carbocycles. The van der Waals surface area contributed by atoms with Crippen LogP contribution in [0.15, 0.2) is 42.5 Å². The van der Waals surface area contributed by atoms with Gasteiger partial charge in [-0.25, -0.2) is 4.39 Å². The molecule has 3 nitrogen and oxygen atoms in total. The van der Waals surface area contributed by atoms with Gasteiger partial charge in [-0.15, -0.1) is 0 Å². The van der Waals surface area contributed by atoms with Gasteiger partial charge in [-0.1, -0.05) is 17.7 Å². The van der Waals surface area contributed by atoms with Gasteiger partial charge in [0.25, 0.3) is 0 Å². The molecule has 4 heteroatoms. The number of nitrogens with two attached hydrogens (primary N) is 1. The highest BCUT2D eigenvalue weighted by Crippen LogP contribution is 2.32. The van der Waals surface area contributed by atoms with Crippen molar-refractivity contribution in [1.29, 1.82) is 0 Å². The lowest BCUT2D eigenvalue weighted by molar-refractivity contribution is 0.283. The van der Waals surface area contributed by atoms with Crippen LogP contribution in [0.3, 0.4) is 0 Å². The van der Waals surface area contributed by atoms with E-state index in [0.717, 1.165) is 5.56 Å². The largest absolute Gasteiger partial charge is 0.488 e. The molecule has 0 fully saturated rings. The predicted molar refractivity (Wildman–Crippen MR) is 76.8 cm³/mol. The van der Waals surface area contributed by atoms with E-state index in [1.165, 1.54) is 12.1 Å². The van der Waals surface area contributed by atoms with Gasteiger partial charge in [-0.05, 0) is 38.1 Å². The maximum Gasteiger partial charge on any atom is 0.172 e. The van der Waals surface area contributed by atoms with Crippen LogP contribution in [0.2, 0.25) is 0 Å². The minimum Gasteiger partial charge on any atom is -0.488 e. The van der Waals surface area contributed by atoms with Crippen LogP contribution in [0.1, 0.15) is 12.5 Å². The van der Waals surface area contributed by atoms with E-state index >= 15 is 0 Å². The topological polar surface area (TPSA) is 44.5 Å². The third-order valence-electron chi connectivity index (χ3n) is 2.66. The summed E-state index contributed by atoms with van der Waals surface area (Å²) >= 11 is 0. The predicted octanol–water partition coefficient (Wildman–Crippen LogP) is 3.65. The third kappa shape index (κ3) is 3.96. The lowest BCUT2D eigenvalue weighted by atomic mass is 10.2. The number of ether oxygens (including phenoxy) is 2. The highest BCUT2D eigenvalue weighted by atomic mass is 19.1. The Morgan fingerprint density at radius 3 is 2.45 bits per heavy atom. The molecule has 2 aromatic carbocycles. The second kappa shape index (κ2) is 6.39. The van der Waals surface area contributed by atoms with Crippen molar-refractivity contribution in [3.63, 3.8) is 0 Å². The van der Waals surface area contributed by atoms with E-state index in [1.54, 1.807) is 6.07 Å². The zero-order valence-electron chi connectivity index (χ0n) is 11.6. The van der Waals surface area contributed by atoms with Crippen molar-refractivity contribution in [2.45, 2.75) is 19.9 Å². The molecule has 1 atom stereocenters. The number of benzene rings is 2. The van der Waals surface area contributed by atoms with Gasteiger partial charge < -0.3 is 15.2 Å². The molecular weight excluding hydrogens is 257 g/mol. The Balaban J connectivity index is 2.20. The number of aryl methyl sites for hydroxylation is 1. The molecule has 0 unspecified atom stereocenters. The molecule has 0 aliphatic rings. The average molecular weight is 275 g/mol. The molecule has 106 valence electrons. The lowest BCUT2D eigenvalue weighted by Gasteiger charge is -2.14. The molecule has 0 saturated heterocycles. The molecule has 0 amide bonds. The van der Waals surface area contributed by atoms with Gasteiger partial charge >= 0.3 is 0 Å². The Morgan fingerprint density at radius 2 is 1.80 bits per heavy atom. The van der Waals surface area contributed by atoms with Crippen LogP contribution in [-0.2, 0) is 0 Å². The van der Waals surface area contributed by atoms with Crippen LogP contribution >= 0.6 is 0 Å². The molecule has 0 radical (unpaired) electrons. The summed E-state index contributed by atoms with van der Waals surface area (Å²) in [5.74, 6) is 1.07. The summed E-state index contributed by atoms with van der Waals surface area (Å²) in [5, 5.41) is 0. The van der Waals surface area contributed by atoms with Gasteiger partial charge in [-0.3, -0.25) is 0 Å². The summed E-state index contributed by atoms with van der Waals surface area (Å²) in [4.78, 5) is 0. The highest BCUT2D eigenvalue weighted by Gasteiger charge is 2.09. The molecule has 0 aromatic heterocycles. The van der Waals surface area contributed by atoms with E-state index in [2.05, 4.69) is 0 Å². The maximum atomic E-state index is 13.4. The van der Waals surface area contributed by atoms with Crippen molar-refractivity contribution in [3.8, 4) is 17.2 Å². The van der Waals surface area contributed by atoms with E-state index in [1.807, 2.05) is 38.1 Å². The zero-order valence-corrected chi connectivity index (χ0v) is 11.6. The molecule has 2 N–H and O–H groups in total. The van der Waals surface area contributed by atoms with Crippen molar-refractivity contribution < 1.29 is 13.9 Å². The van der Waals surface area contributed by atoms with Crippen LogP contribution in [-0.4, -0.2) is 12.6 Å². The standard InChI is InChI=1S/C16H18FNO2/c1-11-3-6-14(7-4-11)20-16-9-13(17)5-8-15(16)19-10-12(2)18/h3-9,12H,10,18H2,1-2H3/t12-/m1/s1. The molecule has 0 heterocycles. The van der Waals surface area contributed by atoms with Crippen LogP contribution in [0, 0.1) is 12.7 Å². The van der Waals surface area contributed by atoms with Gasteiger partial charge in [0.05, 0.1) is 0 Å². The third-order valence-corrected chi connectivity index (χ3v) is 2.66. The summed E-state index contributed by atoms with van der Waals surface area (Å²) in [6, 6.07) is 11.6. The molecule has 2 aromatic rings. The Morgan fingerprint density at radius 1 is 1.10 bits per heavy atom. The second-order valence-corrected chi connectivity index (χ2v) is 4.79. The molecule has 0 spiro atoms. The fraction of sp³-hybridized carbons (Fsp3) is 0.250. The van der Waals surface area contributed by atoms with E-state index in [9.17, 15) is 4.39 Å². The molecule has 2 rings (SSSR count). The highest BCUT2D eigenvalue weighted by molar-refractivity contribution is 5.43. The fourth-order valence-electron chi connectivity index (χ4n) is 1.64.